The Bertz CT molecular complexity index is 471. The Kier molecular flexibility index (Phi) is 3.66. The van der Waals surface area contributed by atoms with Crippen molar-refractivity contribution < 1.29 is 14.3 Å². The highest BCUT2D eigenvalue weighted by molar-refractivity contribution is 6.32. The van der Waals surface area contributed by atoms with Crippen LogP contribution in [0.4, 0.5) is 0 Å². The molecule has 0 aliphatic carbocycles. The molecule has 1 heterocycles. The molecule has 1 aromatic carbocycles. The topological polar surface area (TPSA) is 61.6 Å². The normalized spacial score (nSPS) is 14.0. The maximum atomic E-state index is 10.9. The zero-order valence-electron chi connectivity index (χ0n) is 9.11. The molecule has 17 heavy (non-hydrogen) atoms. The summed E-state index contributed by atoms with van der Waals surface area (Å²) in [6.45, 7) is 1.27. The van der Waals surface area contributed by atoms with Crippen LogP contribution in [0.2, 0.25) is 5.02 Å². The summed E-state index contributed by atoms with van der Waals surface area (Å²) in [5.41, 5.74) is 6.49. The van der Waals surface area contributed by atoms with Gasteiger partial charge in [-0.3, -0.25) is 4.79 Å². The first kappa shape index (κ1) is 12.0. The van der Waals surface area contributed by atoms with Crippen molar-refractivity contribution in [1.82, 2.24) is 0 Å². The number of nitrogens with two attached hydrogens (primary N) is 1. The molecule has 0 unspecified atom stereocenters. The Morgan fingerprint density at radius 2 is 2.06 bits per heavy atom. The van der Waals surface area contributed by atoms with E-state index in [1.165, 1.54) is 0 Å². The molecule has 0 aromatic heterocycles. The number of benzene rings is 1. The zero-order valence-corrected chi connectivity index (χ0v) is 9.87. The lowest BCUT2D eigenvalue weighted by Gasteiger charge is -2.22. The van der Waals surface area contributed by atoms with Crippen LogP contribution < -0.4 is 15.2 Å². The number of ether oxygens (including phenoxy) is 2. The van der Waals surface area contributed by atoms with E-state index in [-0.39, 0.29) is 0 Å². The van der Waals surface area contributed by atoms with E-state index in [1.54, 1.807) is 18.2 Å². The first-order chi connectivity index (χ1) is 8.27. The highest BCUT2D eigenvalue weighted by atomic mass is 35.5. The number of halogens is 1. The molecular formula is C12H12ClNO3. The summed E-state index contributed by atoms with van der Waals surface area (Å²) < 4.78 is 11.0. The van der Waals surface area contributed by atoms with Crippen molar-refractivity contribution in [2.75, 3.05) is 19.8 Å². The smallest absolute Gasteiger partial charge is 0.172 e. The third kappa shape index (κ3) is 2.28. The lowest BCUT2D eigenvalue weighted by atomic mass is 10.1. The second-order valence-corrected chi connectivity index (χ2v) is 3.88. The average molecular weight is 254 g/mol. The van der Waals surface area contributed by atoms with E-state index in [2.05, 4.69) is 0 Å². The minimum atomic E-state index is 0.398. The van der Waals surface area contributed by atoms with Gasteiger partial charge in [-0.2, -0.15) is 0 Å². The van der Waals surface area contributed by atoms with Crippen molar-refractivity contribution in [3.05, 3.63) is 28.3 Å². The molecule has 0 amide bonds. The lowest BCUT2D eigenvalue weighted by molar-refractivity contribution is 0.111. The van der Waals surface area contributed by atoms with Gasteiger partial charge in [-0.25, -0.2) is 0 Å². The van der Waals surface area contributed by atoms with Crippen molar-refractivity contribution in [1.29, 1.82) is 0 Å². The fourth-order valence-corrected chi connectivity index (χ4v) is 1.92. The standard InChI is InChI=1S/C12H12ClNO3/c13-10-6-8(7-15)11-12(17-5-4-16-11)9(10)2-1-3-14/h1-2,6-7H,3-5,14H2/b2-1+. The van der Waals surface area contributed by atoms with E-state index in [0.29, 0.717) is 53.7 Å². The second-order valence-electron chi connectivity index (χ2n) is 3.47. The molecule has 0 saturated carbocycles. The number of fused-ring (bicyclic) bond motifs is 1. The first-order valence-electron chi connectivity index (χ1n) is 5.21. The highest BCUT2D eigenvalue weighted by Gasteiger charge is 2.21. The van der Waals surface area contributed by atoms with Crippen LogP contribution in [0.25, 0.3) is 6.08 Å². The van der Waals surface area contributed by atoms with E-state index in [1.807, 2.05) is 0 Å². The molecule has 2 N–H and O–H groups in total. The molecule has 0 saturated heterocycles. The van der Waals surface area contributed by atoms with Crippen LogP contribution in [0.3, 0.4) is 0 Å². The number of hydrogen-bond acceptors (Lipinski definition) is 4. The van der Waals surface area contributed by atoms with Crippen molar-refractivity contribution in [3.63, 3.8) is 0 Å². The van der Waals surface area contributed by atoms with Crippen LogP contribution in [0.5, 0.6) is 11.5 Å². The van der Waals surface area contributed by atoms with Crippen molar-refractivity contribution in [2.24, 2.45) is 5.73 Å². The summed E-state index contributed by atoms with van der Waals surface area (Å²) in [7, 11) is 0. The molecule has 0 spiro atoms. The molecule has 0 radical (unpaired) electrons. The van der Waals surface area contributed by atoms with E-state index < -0.39 is 0 Å². The van der Waals surface area contributed by atoms with Gasteiger partial charge in [0.25, 0.3) is 0 Å². The SMILES string of the molecule is NC/C=C/c1c(Cl)cc(C=O)c2c1OCCO2. The predicted molar refractivity (Wildman–Crippen MR) is 65.9 cm³/mol. The van der Waals surface area contributed by atoms with E-state index >= 15 is 0 Å². The monoisotopic (exact) mass is 253 g/mol. The highest BCUT2D eigenvalue weighted by Crippen LogP contribution is 2.41. The van der Waals surface area contributed by atoms with Gasteiger partial charge in [-0.15, -0.1) is 0 Å². The fourth-order valence-electron chi connectivity index (χ4n) is 1.65. The van der Waals surface area contributed by atoms with Gasteiger partial charge in [0.2, 0.25) is 0 Å². The van der Waals surface area contributed by atoms with Crippen LogP contribution in [-0.4, -0.2) is 26.0 Å². The average Bonchev–Trinajstić information content (AvgIpc) is 2.37. The minimum absolute atomic E-state index is 0.398. The molecule has 1 aliphatic rings. The van der Waals surface area contributed by atoms with Gasteiger partial charge in [0, 0.05) is 12.1 Å². The molecule has 0 atom stereocenters. The Balaban J connectivity index is 2.59. The molecule has 1 aromatic rings. The summed E-state index contributed by atoms with van der Waals surface area (Å²) in [5.74, 6) is 0.961. The Morgan fingerprint density at radius 1 is 1.35 bits per heavy atom. The maximum absolute atomic E-state index is 10.9. The van der Waals surface area contributed by atoms with Crippen molar-refractivity contribution in [2.45, 2.75) is 0 Å². The van der Waals surface area contributed by atoms with Gasteiger partial charge in [0.1, 0.15) is 13.2 Å². The van der Waals surface area contributed by atoms with Gasteiger partial charge in [0.15, 0.2) is 17.8 Å². The lowest BCUT2D eigenvalue weighted by Crippen LogP contribution is -2.17. The third-order valence-electron chi connectivity index (χ3n) is 2.38. The zero-order chi connectivity index (χ0) is 12.3. The van der Waals surface area contributed by atoms with Gasteiger partial charge >= 0.3 is 0 Å². The molecule has 5 heteroatoms. The van der Waals surface area contributed by atoms with Crippen LogP contribution in [0.1, 0.15) is 15.9 Å². The number of aldehydes is 1. The van der Waals surface area contributed by atoms with E-state index in [0.717, 1.165) is 0 Å². The Morgan fingerprint density at radius 3 is 2.71 bits per heavy atom. The van der Waals surface area contributed by atoms with E-state index in [4.69, 9.17) is 26.8 Å². The predicted octanol–water partition coefficient (Wildman–Crippen LogP) is 1.90. The molecule has 1 aliphatic heterocycles. The Hall–Kier alpha value is -1.52. The number of rotatable bonds is 3. The number of carbonyl (C=O) groups excluding carboxylic acids is 1. The summed E-state index contributed by atoms with van der Waals surface area (Å²) in [5, 5.41) is 0.445. The second kappa shape index (κ2) is 5.21. The summed E-state index contributed by atoms with van der Waals surface area (Å²) >= 11 is 6.09. The molecule has 0 bridgehead atoms. The van der Waals surface area contributed by atoms with Crippen molar-refractivity contribution >= 4 is 24.0 Å². The fraction of sp³-hybridized carbons (Fsp3) is 0.250. The van der Waals surface area contributed by atoms with E-state index in [9.17, 15) is 4.79 Å². The minimum Gasteiger partial charge on any atom is -0.485 e. The van der Waals surface area contributed by atoms with Crippen LogP contribution >= 0.6 is 11.6 Å². The molecule has 2 rings (SSSR count). The molecular weight excluding hydrogens is 242 g/mol. The van der Waals surface area contributed by atoms with Crippen molar-refractivity contribution in [3.8, 4) is 11.5 Å². The summed E-state index contributed by atoms with van der Waals surface area (Å²) in [4.78, 5) is 10.9. The number of carbonyl (C=O) groups is 1. The van der Waals surface area contributed by atoms with Crippen LogP contribution in [-0.2, 0) is 0 Å². The first-order valence-corrected chi connectivity index (χ1v) is 5.59. The summed E-state index contributed by atoms with van der Waals surface area (Å²) in [6.07, 6.45) is 4.24. The van der Waals surface area contributed by atoms with Crippen LogP contribution in [0, 0.1) is 0 Å². The Labute approximate surface area is 104 Å². The third-order valence-corrected chi connectivity index (χ3v) is 2.69. The quantitative estimate of drug-likeness (QED) is 0.836. The molecule has 90 valence electrons. The number of hydrogen-bond donors (Lipinski definition) is 1. The van der Waals surface area contributed by atoms with Gasteiger partial charge < -0.3 is 15.2 Å². The molecule has 4 nitrogen and oxygen atoms in total. The van der Waals surface area contributed by atoms with Gasteiger partial charge in [-0.05, 0) is 6.07 Å². The maximum Gasteiger partial charge on any atom is 0.172 e. The van der Waals surface area contributed by atoms with Gasteiger partial charge in [-0.1, -0.05) is 23.8 Å². The largest absolute Gasteiger partial charge is 0.485 e. The summed E-state index contributed by atoms with van der Waals surface area (Å²) in [6, 6.07) is 1.57. The van der Waals surface area contributed by atoms with Gasteiger partial charge in [0.05, 0.1) is 10.6 Å². The van der Waals surface area contributed by atoms with Crippen LogP contribution in [0.15, 0.2) is 12.1 Å². The molecule has 0 fully saturated rings.